The SMILES string of the molecule is Cc1ccncc1-c1cnc(NC2CC2)nc1. The van der Waals surface area contributed by atoms with Gasteiger partial charge in [-0.3, -0.25) is 4.98 Å². The summed E-state index contributed by atoms with van der Waals surface area (Å²) in [5.74, 6) is 0.720. The van der Waals surface area contributed by atoms with Crippen LogP contribution in [0, 0.1) is 6.92 Å². The normalized spacial score (nSPS) is 14.6. The highest BCUT2D eigenvalue weighted by Gasteiger charge is 2.21. The van der Waals surface area contributed by atoms with Crippen molar-refractivity contribution in [2.45, 2.75) is 25.8 Å². The second kappa shape index (κ2) is 4.13. The predicted octanol–water partition coefficient (Wildman–Crippen LogP) is 2.42. The molecule has 0 spiro atoms. The minimum absolute atomic E-state index is 0.584. The number of aromatic nitrogens is 3. The van der Waals surface area contributed by atoms with Gasteiger partial charge in [-0.1, -0.05) is 0 Å². The lowest BCUT2D eigenvalue weighted by Gasteiger charge is -2.06. The van der Waals surface area contributed by atoms with Crippen LogP contribution in [0.3, 0.4) is 0 Å². The first-order valence-electron chi connectivity index (χ1n) is 5.82. The van der Waals surface area contributed by atoms with Gasteiger partial charge in [-0.25, -0.2) is 9.97 Å². The van der Waals surface area contributed by atoms with E-state index in [0.717, 1.165) is 17.1 Å². The molecule has 4 heteroatoms. The summed E-state index contributed by atoms with van der Waals surface area (Å²) in [4.78, 5) is 12.8. The maximum absolute atomic E-state index is 4.33. The van der Waals surface area contributed by atoms with Gasteiger partial charge in [0.2, 0.25) is 5.95 Å². The molecule has 1 aliphatic carbocycles. The molecule has 0 unspecified atom stereocenters. The van der Waals surface area contributed by atoms with Crippen LogP contribution in [0.25, 0.3) is 11.1 Å². The maximum Gasteiger partial charge on any atom is 0.222 e. The van der Waals surface area contributed by atoms with Gasteiger partial charge in [0.1, 0.15) is 0 Å². The number of pyridine rings is 1. The van der Waals surface area contributed by atoms with E-state index in [-0.39, 0.29) is 0 Å². The van der Waals surface area contributed by atoms with Gasteiger partial charge in [-0.05, 0) is 31.4 Å². The Morgan fingerprint density at radius 2 is 1.94 bits per heavy atom. The molecule has 0 aromatic carbocycles. The van der Waals surface area contributed by atoms with Gasteiger partial charge >= 0.3 is 0 Å². The molecule has 1 aliphatic rings. The molecule has 0 aliphatic heterocycles. The van der Waals surface area contributed by atoms with Crippen molar-refractivity contribution in [3.05, 3.63) is 36.4 Å². The predicted molar refractivity (Wildman–Crippen MR) is 66.6 cm³/mol. The third kappa shape index (κ3) is 2.25. The summed E-state index contributed by atoms with van der Waals surface area (Å²) < 4.78 is 0. The average molecular weight is 226 g/mol. The lowest BCUT2D eigenvalue weighted by molar-refractivity contribution is 1.05. The zero-order valence-corrected chi connectivity index (χ0v) is 9.72. The van der Waals surface area contributed by atoms with E-state index in [1.807, 2.05) is 24.7 Å². The molecule has 1 fully saturated rings. The molecular formula is C13H14N4. The van der Waals surface area contributed by atoms with E-state index in [4.69, 9.17) is 0 Å². The molecule has 3 rings (SSSR count). The quantitative estimate of drug-likeness (QED) is 0.873. The Morgan fingerprint density at radius 1 is 1.18 bits per heavy atom. The molecule has 0 radical (unpaired) electrons. The molecule has 2 heterocycles. The second-order valence-electron chi connectivity index (χ2n) is 4.40. The van der Waals surface area contributed by atoms with E-state index < -0.39 is 0 Å². The van der Waals surface area contributed by atoms with Crippen LogP contribution in [0.15, 0.2) is 30.9 Å². The molecule has 0 bridgehead atoms. The van der Waals surface area contributed by atoms with Gasteiger partial charge in [-0.15, -0.1) is 0 Å². The molecule has 2 aromatic rings. The van der Waals surface area contributed by atoms with Crippen LogP contribution in [0.5, 0.6) is 0 Å². The standard InChI is InChI=1S/C13H14N4/c1-9-4-5-14-8-12(9)10-6-15-13(16-7-10)17-11-2-3-11/h4-8,11H,2-3H2,1H3,(H,15,16,17). The fourth-order valence-electron chi connectivity index (χ4n) is 1.72. The first-order valence-corrected chi connectivity index (χ1v) is 5.82. The van der Waals surface area contributed by atoms with E-state index in [0.29, 0.717) is 6.04 Å². The van der Waals surface area contributed by atoms with Crippen LogP contribution in [0.4, 0.5) is 5.95 Å². The van der Waals surface area contributed by atoms with E-state index in [2.05, 4.69) is 27.2 Å². The Morgan fingerprint density at radius 3 is 2.59 bits per heavy atom. The molecule has 17 heavy (non-hydrogen) atoms. The fourth-order valence-corrected chi connectivity index (χ4v) is 1.72. The summed E-state index contributed by atoms with van der Waals surface area (Å²) in [6, 6.07) is 2.58. The number of nitrogens with one attached hydrogen (secondary N) is 1. The summed E-state index contributed by atoms with van der Waals surface area (Å²) in [5, 5.41) is 3.27. The molecule has 1 N–H and O–H groups in total. The highest BCUT2D eigenvalue weighted by molar-refractivity contribution is 5.64. The first kappa shape index (κ1) is 10.2. The number of rotatable bonds is 3. The zero-order valence-electron chi connectivity index (χ0n) is 9.72. The Bertz CT molecular complexity index is 517. The Hall–Kier alpha value is -1.97. The van der Waals surface area contributed by atoms with E-state index in [1.54, 1.807) is 6.20 Å². The Balaban J connectivity index is 1.86. The highest BCUT2D eigenvalue weighted by Crippen LogP contribution is 2.24. The molecule has 0 atom stereocenters. The van der Waals surface area contributed by atoms with Crippen LogP contribution in [-0.2, 0) is 0 Å². The maximum atomic E-state index is 4.33. The summed E-state index contributed by atoms with van der Waals surface area (Å²) in [7, 11) is 0. The van der Waals surface area contributed by atoms with Crippen molar-refractivity contribution in [1.29, 1.82) is 0 Å². The molecule has 2 aromatic heterocycles. The van der Waals surface area contributed by atoms with Crippen molar-refractivity contribution in [3.63, 3.8) is 0 Å². The van der Waals surface area contributed by atoms with Gasteiger partial charge in [0, 0.05) is 42.0 Å². The summed E-state index contributed by atoms with van der Waals surface area (Å²) in [6.07, 6.45) is 9.80. The lowest BCUT2D eigenvalue weighted by Crippen LogP contribution is -2.04. The number of nitrogens with zero attached hydrogens (tertiary/aromatic N) is 3. The van der Waals surface area contributed by atoms with Crippen molar-refractivity contribution in [2.75, 3.05) is 5.32 Å². The zero-order chi connectivity index (χ0) is 11.7. The van der Waals surface area contributed by atoms with Crippen LogP contribution >= 0.6 is 0 Å². The van der Waals surface area contributed by atoms with Crippen LogP contribution in [0.1, 0.15) is 18.4 Å². The van der Waals surface area contributed by atoms with Crippen LogP contribution < -0.4 is 5.32 Å². The lowest BCUT2D eigenvalue weighted by atomic mass is 10.1. The van der Waals surface area contributed by atoms with Gasteiger partial charge in [0.15, 0.2) is 0 Å². The van der Waals surface area contributed by atoms with Crippen molar-refractivity contribution >= 4 is 5.95 Å². The molecular weight excluding hydrogens is 212 g/mol. The number of aryl methyl sites for hydroxylation is 1. The van der Waals surface area contributed by atoms with Crippen molar-refractivity contribution in [3.8, 4) is 11.1 Å². The Kier molecular flexibility index (Phi) is 2.48. The van der Waals surface area contributed by atoms with Gasteiger partial charge in [0.05, 0.1) is 0 Å². The Labute approximate surface area is 100 Å². The minimum atomic E-state index is 0.584. The fraction of sp³-hybridized carbons (Fsp3) is 0.308. The van der Waals surface area contributed by atoms with Gasteiger partial charge in [-0.2, -0.15) is 0 Å². The van der Waals surface area contributed by atoms with Gasteiger partial charge < -0.3 is 5.32 Å². The number of anilines is 1. The molecule has 86 valence electrons. The average Bonchev–Trinajstić information content (AvgIpc) is 3.15. The first-order chi connectivity index (χ1) is 8.33. The van der Waals surface area contributed by atoms with Crippen LogP contribution in [-0.4, -0.2) is 21.0 Å². The van der Waals surface area contributed by atoms with Crippen LogP contribution in [0.2, 0.25) is 0 Å². The largest absolute Gasteiger partial charge is 0.351 e. The number of hydrogen-bond donors (Lipinski definition) is 1. The second-order valence-corrected chi connectivity index (χ2v) is 4.40. The van der Waals surface area contributed by atoms with Crippen molar-refractivity contribution in [1.82, 2.24) is 15.0 Å². The molecule has 1 saturated carbocycles. The summed E-state index contributed by atoms with van der Waals surface area (Å²) in [6.45, 7) is 2.06. The third-order valence-corrected chi connectivity index (χ3v) is 2.91. The number of hydrogen-bond acceptors (Lipinski definition) is 4. The molecule has 4 nitrogen and oxygen atoms in total. The van der Waals surface area contributed by atoms with E-state index in [1.165, 1.54) is 18.4 Å². The van der Waals surface area contributed by atoms with Gasteiger partial charge in [0.25, 0.3) is 0 Å². The summed E-state index contributed by atoms with van der Waals surface area (Å²) >= 11 is 0. The topological polar surface area (TPSA) is 50.7 Å². The smallest absolute Gasteiger partial charge is 0.222 e. The van der Waals surface area contributed by atoms with Crippen molar-refractivity contribution in [2.24, 2.45) is 0 Å². The third-order valence-electron chi connectivity index (χ3n) is 2.91. The molecule has 0 saturated heterocycles. The minimum Gasteiger partial charge on any atom is -0.351 e. The summed E-state index contributed by atoms with van der Waals surface area (Å²) in [5.41, 5.74) is 3.29. The van der Waals surface area contributed by atoms with Crippen molar-refractivity contribution < 1.29 is 0 Å². The van der Waals surface area contributed by atoms with E-state index >= 15 is 0 Å². The van der Waals surface area contributed by atoms with E-state index in [9.17, 15) is 0 Å². The molecule has 0 amide bonds. The monoisotopic (exact) mass is 226 g/mol. The highest BCUT2D eigenvalue weighted by atomic mass is 15.1.